The van der Waals surface area contributed by atoms with Gasteiger partial charge in [0.25, 0.3) is 0 Å². The lowest BCUT2D eigenvalue weighted by Crippen LogP contribution is -2.31. The van der Waals surface area contributed by atoms with E-state index in [0.717, 1.165) is 68.9 Å². The largest absolute Gasteiger partial charge is 0.390 e. The minimum absolute atomic E-state index is 0.0846. The Bertz CT molecular complexity index is 421. The van der Waals surface area contributed by atoms with Gasteiger partial charge >= 0.3 is 0 Å². The fourth-order valence-corrected chi connectivity index (χ4v) is 3.18. The van der Waals surface area contributed by atoms with Gasteiger partial charge in [-0.1, -0.05) is 44.7 Å². The van der Waals surface area contributed by atoms with Crippen molar-refractivity contribution >= 4 is 0 Å². The lowest BCUT2D eigenvalue weighted by molar-refractivity contribution is -0.00342. The van der Waals surface area contributed by atoms with E-state index in [2.05, 4.69) is 6.92 Å². The molecule has 2 heteroatoms. The van der Waals surface area contributed by atoms with E-state index in [0.29, 0.717) is 0 Å². The molecule has 1 aromatic rings. The van der Waals surface area contributed by atoms with Crippen LogP contribution in [0.25, 0.3) is 0 Å². The Morgan fingerprint density at radius 3 is 2.60 bits per heavy atom. The lowest BCUT2D eigenvalue weighted by atomic mass is 9.81. The standard InChI is InChI=1S/C18H27FO/c1-2-3-7-16-14-15(8-9-17(16)19)10-13-18(20)11-5-4-6-12-18/h8-9,14,20H,2-7,10-13H2,1H3. The summed E-state index contributed by atoms with van der Waals surface area (Å²) in [5.41, 5.74) is 1.52. The second kappa shape index (κ2) is 7.21. The number of hydrogen-bond acceptors (Lipinski definition) is 1. The molecule has 0 spiro atoms. The molecule has 1 aromatic carbocycles. The van der Waals surface area contributed by atoms with Gasteiger partial charge in [-0.25, -0.2) is 4.39 Å². The average Bonchev–Trinajstić information content (AvgIpc) is 2.46. The highest BCUT2D eigenvalue weighted by Crippen LogP contribution is 2.32. The van der Waals surface area contributed by atoms with Crippen molar-refractivity contribution in [3.63, 3.8) is 0 Å². The maximum Gasteiger partial charge on any atom is 0.126 e. The minimum atomic E-state index is -0.476. The molecule has 0 unspecified atom stereocenters. The first-order valence-electron chi connectivity index (χ1n) is 8.13. The van der Waals surface area contributed by atoms with Gasteiger partial charge in [-0.2, -0.15) is 0 Å². The summed E-state index contributed by atoms with van der Waals surface area (Å²) in [6, 6.07) is 5.46. The van der Waals surface area contributed by atoms with Crippen molar-refractivity contribution in [1.82, 2.24) is 0 Å². The van der Waals surface area contributed by atoms with E-state index >= 15 is 0 Å². The summed E-state index contributed by atoms with van der Waals surface area (Å²) in [4.78, 5) is 0. The second-order valence-corrected chi connectivity index (χ2v) is 6.31. The summed E-state index contributed by atoms with van der Waals surface area (Å²) in [5, 5.41) is 10.5. The number of unbranched alkanes of at least 4 members (excludes halogenated alkanes) is 1. The van der Waals surface area contributed by atoms with E-state index in [1.54, 1.807) is 6.07 Å². The van der Waals surface area contributed by atoms with E-state index in [9.17, 15) is 9.50 Å². The van der Waals surface area contributed by atoms with Crippen LogP contribution in [0, 0.1) is 5.82 Å². The van der Waals surface area contributed by atoms with Gasteiger partial charge in [0.2, 0.25) is 0 Å². The topological polar surface area (TPSA) is 20.2 Å². The zero-order valence-corrected chi connectivity index (χ0v) is 12.6. The quantitative estimate of drug-likeness (QED) is 0.792. The zero-order chi connectivity index (χ0) is 14.4. The Balaban J connectivity index is 1.95. The molecule has 1 nitrogen and oxygen atoms in total. The number of aliphatic hydroxyl groups is 1. The molecule has 112 valence electrons. The van der Waals surface area contributed by atoms with Crippen molar-refractivity contribution in [1.29, 1.82) is 0 Å². The summed E-state index contributed by atoms with van der Waals surface area (Å²) in [6.07, 6.45) is 9.99. The summed E-state index contributed by atoms with van der Waals surface area (Å²) in [5.74, 6) is -0.0846. The highest BCUT2D eigenvalue weighted by atomic mass is 19.1. The number of benzene rings is 1. The first kappa shape index (κ1) is 15.5. The lowest BCUT2D eigenvalue weighted by Gasteiger charge is -2.32. The van der Waals surface area contributed by atoms with E-state index in [1.807, 2.05) is 12.1 Å². The molecule has 0 bridgehead atoms. The third kappa shape index (κ3) is 4.31. The SMILES string of the molecule is CCCCc1cc(CCC2(O)CCCCC2)ccc1F. The van der Waals surface area contributed by atoms with Crippen LogP contribution in [-0.4, -0.2) is 10.7 Å². The van der Waals surface area contributed by atoms with Crippen LogP contribution in [-0.2, 0) is 12.8 Å². The third-order valence-corrected chi connectivity index (χ3v) is 4.57. The molecule has 2 rings (SSSR count). The van der Waals surface area contributed by atoms with Crippen LogP contribution in [0.3, 0.4) is 0 Å². The van der Waals surface area contributed by atoms with Crippen molar-refractivity contribution in [2.45, 2.75) is 76.7 Å². The summed E-state index contributed by atoms with van der Waals surface area (Å²) < 4.78 is 13.7. The fraction of sp³-hybridized carbons (Fsp3) is 0.667. The number of aryl methyl sites for hydroxylation is 2. The zero-order valence-electron chi connectivity index (χ0n) is 12.6. The molecule has 0 heterocycles. The average molecular weight is 278 g/mol. The third-order valence-electron chi connectivity index (χ3n) is 4.57. The Morgan fingerprint density at radius 2 is 1.90 bits per heavy atom. The molecule has 20 heavy (non-hydrogen) atoms. The van der Waals surface area contributed by atoms with Crippen LogP contribution < -0.4 is 0 Å². The van der Waals surface area contributed by atoms with Crippen LogP contribution in [0.1, 0.15) is 69.4 Å². The second-order valence-electron chi connectivity index (χ2n) is 6.31. The van der Waals surface area contributed by atoms with E-state index in [-0.39, 0.29) is 5.82 Å². The predicted molar refractivity (Wildman–Crippen MR) is 81.4 cm³/mol. The molecular weight excluding hydrogens is 251 g/mol. The van der Waals surface area contributed by atoms with Crippen LogP contribution in [0.2, 0.25) is 0 Å². The van der Waals surface area contributed by atoms with Crippen LogP contribution in [0.15, 0.2) is 18.2 Å². The molecule has 0 atom stereocenters. The summed E-state index contributed by atoms with van der Waals surface area (Å²) >= 11 is 0. The Kier molecular flexibility index (Phi) is 5.59. The van der Waals surface area contributed by atoms with Gasteiger partial charge in [-0.3, -0.25) is 0 Å². The Labute approximate surface area is 122 Å². The Morgan fingerprint density at radius 1 is 1.15 bits per heavy atom. The van der Waals surface area contributed by atoms with Crippen molar-refractivity contribution in [2.75, 3.05) is 0 Å². The highest BCUT2D eigenvalue weighted by Gasteiger charge is 2.28. The monoisotopic (exact) mass is 278 g/mol. The van der Waals surface area contributed by atoms with Gasteiger partial charge in [-0.15, -0.1) is 0 Å². The van der Waals surface area contributed by atoms with Gasteiger partial charge in [-0.05, 0) is 55.7 Å². The number of hydrogen-bond donors (Lipinski definition) is 1. The predicted octanol–water partition coefficient (Wildman–Crippen LogP) is 4.80. The molecule has 0 saturated heterocycles. The van der Waals surface area contributed by atoms with E-state index in [1.165, 1.54) is 6.42 Å². The van der Waals surface area contributed by atoms with Crippen LogP contribution >= 0.6 is 0 Å². The summed E-state index contributed by atoms with van der Waals surface area (Å²) in [6.45, 7) is 2.13. The molecular formula is C18H27FO. The van der Waals surface area contributed by atoms with Crippen molar-refractivity contribution < 1.29 is 9.50 Å². The molecule has 0 aromatic heterocycles. The molecule has 1 aliphatic carbocycles. The van der Waals surface area contributed by atoms with Crippen LogP contribution in [0.5, 0.6) is 0 Å². The van der Waals surface area contributed by atoms with Crippen LogP contribution in [0.4, 0.5) is 4.39 Å². The smallest absolute Gasteiger partial charge is 0.126 e. The highest BCUT2D eigenvalue weighted by molar-refractivity contribution is 5.25. The normalized spacial score (nSPS) is 18.1. The molecule has 1 aliphatic rings. The molecule has 0 radical (unpaired) electrons. The maximum absolute atomic E-state index is 13.7. The maximum atomic E-state index is 13.7. The van der Waals surface area contributed by atoms with Gasteiger partial charge in [0, 0.05) is 0 Å². The van der Waals surface area contributed by atoms with Gasteiger partial charge < -0.3 is 5.11 Å². The first-order chi connectivity index (χ1) is 9.63. The van der Waals surface area contributed by atoms with Crippen molar-refractivity contribution in [2.24, 2.45) is 0 Å². The van der Waals surface area contributed by atoms with E-state index < -0.39 is 5.60 Å². The fourth-order valence-electron chi connectivity index (χ4n) is 3.18. The summed E-state index contributed by atoms with van der Waals surface area (Å²) in [7, 11) is 0. The van der Waals surface area contributed by atoms with Crippen molar-refractivity contribution in [3.8, 4) is 0 Å². The number of rotatable bonds is 6. The Hall–Kier alpha value is -0.890. The van der Waals surface area contributed by atoms with E-state index in [4.69, 9.17) is 0 Å². The van der Waals surface area contributed by atoms with Crippen molar-refractivity contribution in [3.05, 3.63) is 35.1 Å². The molecule has 0 aliphatic heterocycles. The molecule has 1 N–H and O–H groups in total. The molecule has 0 amide bonds. The minimum Gasteiger partial charge on any atom is -0.390 e. The van der Waals surface area contributed by atoms with Gasteiger partial charge in [0.05, 0.1) is 5.60 Å². The molecule has 1 fully saturated rings. The van der Waals surface area contributed by atoms with Gasteiger partial charge in [0.15, 0.2) is 0 Å². The van der Waals surface area contributed by atoms with Gasteiger partial charge in [0.1, 0.15) is 5.82 Å². The number of halogens is 1. The molecule has 1 saturated carbocycles. The first-order valence-corrected chi connectivity index (χ1v) is 8.13.